The van der Waals surface area contributed by atoms with E-state index < -0.39 is 0 Å². The van der Waals surface area contributed by atoms with Crippen LogP contribution in [0.4, 0.5) is 5.13 Å². The lowest BCUT2D eigenvalue weighted by atomic mass is 10.1. The van der Waals surface area contributed by atoms with E-state index in [0.717, 1.165) is 26.4 Å². The predicted octanol–water partition coefficient (Wildman–Crippen LogP) is 4.25. The molecule has 0 aliphatic rings. The lowest BCUT2D eigenvalue weighted by molar-refractivity contribution is 0.241. The van der Waals surface area contributed by atoms with E-state index in [1.807, 2.05) is 39.0 Å². The van der Waals surface area contributed by atoms with Crippen LogP contribution in [-0.4, -0.2) is 11.1 Å². The third-order valence-electron chi connectivity index (χ3n) is 2.37. The molecule has 96 valence electrons. The van der Waals surface area contributed by atoms with Gasteiger partial charge in [-0.05, 0) is 60.5 Å². The van der Waals surface area contributed by atoms with Crippen molar-refractivity contribution < 1.29 is 4.74 Å². The maximum absolute atomic E-state index is 5.72. The minimum Gasteiger partial charge on any atom is -0.490 e. The van der Waals surface area contributed by atoms with Crippen molar-refractivity contribution in [2.75, 3.05) is 5.73 Å². The fourth-order valence-electron chi connectivity index (χ4n) is 1.68. The molecular weight excluding hydrogens is 312 g/mol. The zero-order valence-electron chi connectivity index (χ0n) is 10.5. The van der Waals surface area contributed by atoms with Crippen molar-refractivity contribution in [2.45, 2.75) is 26.9 Å². The Kier molecular flexibility index (Phi) is 3.92. The Morgan fingerprint density at radius 2 is 2.11 bits per heavy atom. The van der Waals surface area contributed by atoms with Crippen LogP contribution in [0.15, 0.2) is 22.7 Å². The number of hydrogen-bond acceptors (Lipinski definition) is 4. The van der Waals surface area contributed by atoms with Crippen molar-refractivity contribution in [2.24, 2.45) is 0 Å². The molecule has 2 rings (SSSR count). The summed E-state index contributed by atoms with van der Waals surface area (Å²) in [5.74, 6) is 0.851. The zero-order chi connectivity index (χ0) is 13.3. The van der Waals surface area contributed by atoms with Gasteiger partial charge in [-0.3, -0.25) is 0 Å². The standard InChI is InChI=1S/C13H15BrN2OS/c1-7(2)17-11-5-4-9(6-10(11)14)12-8(3)16-13(15)18-12/h4-7H,1-3H3,(H2,15,16). The number of ether oxygens (including phenoxy) is 1. The summed E-state index contributed by atoms with van der Waals surface area (Å²) in [7, 11) is 0. The molecule has 2 N–H and O–H groups in total. The molecule has 18 heavy (non-hydrogen) atoms. The van der Waals surface area contributed by atoms with Gasteiger partial charge in [0.05, 0.1) is 21.1 Å². The average Bonchev–Trinajstić information content (AvgIpc) is 2.60. The van der Waals surface area contributed by atoms with Gasteiger partial charge < -0.3 is 10.5 Å². The van der Waals surface area contributed by atoms with Crippen LogP contribution in [0.1, 0.15) is 19.5 Å². The molecule has 0 radical (unpaired) electrons. The summed E-state index contributed by atoms with van der Waals surface area (Å²) >= 11 is 5.03. The number of nitrogens with zero attached hydrogens (tertiary/aromatic N) is 1. The van der Waals surface area contributed by atoms with Crippen LogP contribution in [0.2, 0.25) is 0 Å². The van der Waals surface area contributed by atoms with Gasteiger partial charge in [-0.25, -0.2) is 4.98 Å². The van der Waals surface area contributed by atoms with Crippen LogP contribution in [-0.2, 0) is 0 Å². The van der Waals surface area contributed by atoms with Gasteiger partial charge in [0.15, 0.2) is 5.13 Å². The molecule has 1 heterocycles. The number of nitrogen functional groups attached to an aromatic ring is 1. The number of halogens is 1. The van der Waals surface area contributed by atoms with E-state index in [1.54, 1.807) is 0 Å². The largest absolute Gasteiger partial charge is 0.490 e. The molecule has 1 aromatic heterocycles. The number of nitrogens with two attached hydrogens (primary N) is 1. The molecule has 0 fully saturated rings. The van der Waals surface area contributed by atoms with Gasteiger partial charge in [-0.1, -0.05) is 11.3 Å². The van der Waals surface area contributed by atoms with Crippen LogP contribution < -0.4 is 10.5 Å². The Morgan fingerprint density at radius 3 is 2.61 bits per heavy atom. The lowest BCUT2D eigenvalue weighted by Gasteiger charge is -2.12. The second-order valence-corrected chi connectivity index (χ2v) is 6.16. The van der Waals surface area contributed by atoms with Crippen LogP contribution >= 0.6 is 27.3 Å². The Balaban J connectivity index is 2.37. The van der Waals surface area contributed by atoms with Crippen LogP contribution in [0, 0.1) is 6.92 Å². The predicted molar refractivity (Wildman–Crippen MR) is 80.2 cm³/mol. The van der Waals surface area contributed by atoms with E-state index in [2.05, 4.69) is 20.9 Å². The molecule has 0 bridgehead atoms. The third kappa shape index (κ3) is 2.84. The molecule has 3 nitrogen and oxygen atoms in total. The normalized spacial score (nSPS) is 10.9. The Hall–Kier alpha value is -1.07. The SMILES string of the molecule is Cc1nc(N)sc1-c1ccc(OC(C)C)c(Br)c1. The third-order valence-corrected chi connectivity index (χ3v) is 4.03. The quantitative estimate of drug-likeness (QED) is 0.917. The van der Waals surface area contributed by atoms with Gasteiger partial charge in [0.2, 0.25) is 0 Å². The van der Waals surface area contributed by atoms with Crippen molar-refractivity contribution in [1.82, 2.24) is 4.98 Å². The highest BCUT2D eigenvalue weighted by Crippen LogP contribution is 2.36. The van der Waals surface area contributed by atoms with E-state index in [0.29, 0.717) is 5.13 Å². The summed E-state index contributed by atoms with van der Waals surface area (Å²) in [6.07, 6.45) is 0.160. The number of thiazole rings is 1. The highest BCUT2D eigenvalue weighted by molar-refractivity contribution is 9.10. The Morgan fingerprint density at radius 1 is 1.39 bits per heavy atom. The molecule has 2 aromatic rings. The van der Waals surface area contributed by atoms with Gasteiger partial charge in [-0.2, -0.15) is 0 Å². The fourth-order valence-corrected chi connectivity index (χ4v) is 2.98. The topological polar surface area (TPSA) is 48.1 Å². The fraction of sp³-hybridized carbons (Fsp3) is 0.308. The summed E-state index contributed by atoms with van der Waals surface area (Å²) in [6, 6.07) is 6.04. The summed E-state index contributed by atoms with van der Waals surface area (Å²) in [6.45, 7) is 5.98. The number of aryl methyl sites for hydroxylation is 1. The van der Waals surface area contributed by atoms with Crippen LogP contribution in [0.25, 0.3) is 10.4 Å². The number of rotatable bonds is 3. The Bertz CT molecular complexity index is 566. The van der Waals surface area contributed by atoms with Gasteiger partial charge >= 0.3 is 0 Å². The van der Waals surface area contributed by atoms with E-state index >= 15 is 0 Å². The number of benzene rings is 1. The molecule has 0 atom stereocenters. The van der Waals surface area contributed by atoms with Crippen molar-refractivity contribution in [1.29, 1.82) is 0 Å². The number of aromatic nitrogens is 1. The molecule has 0 aliphatic heterocycles. The molecule has 0 saturated carbocycles. The average molecular weight is 327 g/mol. The smallest absolute Gasteiger partial charge is 0.180 e. The van der Waals surface area contributed by atoms with Crippen molar-refractivity contribution >= 4 is 32.4 Å². The van der Waals surface area contributed by atoms with Gasteiger partial charge in [0.1, 0.15) is 5.75 Å². The lowest BCUT2D eigenvalue weighted by Crippen LogP contribution is -2.05. The molecule has 0 amide bonds. The Labute approximate surface area is 119 Å². The van der Waals surface area contributed by atoms with Gasteiger partial charge in [0, 0.05) is 0 Å². The molecule has 0 spiro atoms. The van der Waals surface area contributed by atoms with Crippen molar-refractivity contribution in [3.63, 3.8) is 0 Å². The number of hydrogen-bond donors (Lipinski definition) is 1. The van der Waals surface area contributed by atoms with Crippen molar-refractivity contribution in [3.05, 3.63) is 28.4 Å². The van der Waals surface area contributed by atoms with E-state index in [9.17, 15) is 0 Å². The highest BCUT2D eigenvalue weighted by Gasteiger charge is 2.11. The molecule has 0 unspecified atom stereocenters. The summed E-state index contributed by atoms with van der Waals surface area (Å²) in [4.78, 5) is 5.34. The second kappa shape index (κ2) is 5.28. The van der Waals surface area contributed by atoms with Gasteiger partial charge in [0.25, 0.3) is 0 Å². The number of anilines is 1. The minimum absolute atomic E-state index is 0.160. The van der Waals surface area contributed by atoms with Crippen molar-refractivity contribution in [3.8, 4) is 16.2 Å². The summed E-state index contributed by atoms with van der Waals surface area (Å²) in [5, 5.41) is 0.598. The maximum Gasteiger partial charge on any atom is 0.180 e. The summed E-state index contributed by atoms with van der Waals surface area (Å²) in [5.41, 5.74) is 7.78. The molecule has 5 heteroatoms. The molecular formula is C13H15BrN2OS. The summed E-state index contributed by atoms with van der Waals surface area (Å²) < 4.78 is 6.63. The van der Waals surface area contributed by atoms with Crippen LogP contribution in [0.3, 0.4) is 0 Å². The molecule has 0 saturated heterocycles. The zero-order valence-corrected chi connectivity index (χ0v) is 12.9. The maximum atomic E-state index is 5.72. The van der Waals surface area contributed by atoms with Crippen LogP contribution in [0.5, 0.6) is 5.75 Å². The highest BCUT2D eigenvalue weighted by atomic mass is 79.9. The molecule has 1 aromatic carbocycles. The van der Waals surface area contributed by atoms with E-state index in [1.165, 1.54) is 11.3 Å². The van der Waals surface area contributed by atoms with Gasteiger partial charge in [-0.15, -0.1) is 0 Å². The first-order chi connectivity index (χ1) is 8.47. The second-order valence-electron chi connectivity index (χ2n) is 4.28. The minimum atomic E-state index is 0.160. The molecule has 0 aliphatic carbocycles. The first kappa shape index (κ1) is 13.4. The monoisotopic (exact) mass is 326 g/mol. The first-order valence-electron chi connectivity index (χ1n) is 5.67. The van der Waals surface area contributed by atoms with E-state index in [4.69, 9.17) is 10.5 Å². The van der Waals surface area contributed by atoms with E-state index in [-0.39, 0.29) is 6.10 Å². The first-order valence-corrected chi connectivity index (χ1v) is 7.28.